The molecular formula is C10H16ClIN4. The molecule has 0 saturated carbocycles. The number of aromatic nitrogens is 1. The molecule has 0 aliphatic rings. The fourth-order valence-corrected chi connectivity index (χ4v) is 1.21. The Morgan fingerprint density at radius 1 is 1.56 bits per heavy atom. The highest BCUT2D eigenvalue weighted by Crippen LogP contribution is 2.05. The van der Waals surface area contributed by atoms with Crippen molar-refractivity contribution in [1.82, 2.24) is 10.3 Å². The molecule has 3 N–H and O–H groups in total. The monoisotopic (exact) mass is 354 g/mol. The third-order valence-corrected chi connectivity index (χ3v) is 2.05. The van der Waals surface area contributed by atoms with Crippen LogP contribution in [0.25, 0.3) is 0 Å². The molecule has 0 spiro atoms. The zero-order valence-corrected chi connectivity index (χ0v) is 12.2. The van der Waals surface area contributed by atoms with Gasteiger partial charge in [0.1, 0.15) is 5.15 Å². The smallest absolute Gasteiger partial charge is 0.188 e. The molecule has 0 aliphatic carbocycles. The molecule has 0 aromatic carbocycles. The van der Waals surface area contributed by atoms with Gasteiger partial charge in [0.2, 0.25) is 0 Å². The minimum absolute atomic E-state index is 0. The van der Waals surface area contributed by atoms with E-state index in [1.54, 1.807) is 12.3 Å². The highest BCUT2D eigenvalue weighted by atomic mass is 127. The predicted octanol–water partition coefficient (Wildman–Crippen LogP) is 1.82. The van der Waals surface area contributed by atoms with Crippen molar-refractivity contribution in [1.29, 1.82) is 0 Å². The van der Waals surface area contributed by atoms with E-state index in [0.717, 1.165) is 18.5 Å². The van der Waals surface area contributed by atoms with Crippen LogP contribution >= 0.6 is 35.6 Å². The standard InChI is InChI=1S/C10H15ClN4.HI/c1-2-13-10(12)14-6-5-8-3-4-9(11)15-7-8;/h3-4,7H,2,5-6H2,1H3,(H3,12,13,14);1H. The first-order valence-corrected chi connectivity index (χ1v) is 5.24. The molecule has 90 valence electrons. The van der Waals surface area contributed by atoms with E-state index in [2.05, 4.69) is 15.3 Å². The van der Waals surface area contributed by atoms with Crippen molar-refractivity contribution >= 4 is 41.5 Å². The van der Waals surface area contributed by atoms with Gasteiger partial charge in [-0.3, -0.25) is 4.99 Å². The molecule has 1 rings (SSSR count). The van der Waals surface area contributed by atoms with Crippen LogP contribution in [0.3, 0.4) is 0 Å². The average Bonchev–Trinajstić information content (AvgIpc) is 2.21. The van der Waals surface area contributed by atoms with Gasteiger partial charge in [-0.2, -0.15) is 0 Å². The summed E-state index contributed by atoms with van der Waals surface area (Å²) in [5, 5.41) is 3.44. The zero-order valence-electron chi connectivity index (χ0n) is 9.11. The van der Waals surface area contributed by atoms with Gasteiger partial charge in [0.15, 0.2) is 5.96 Å². The molecule has 0 bridgehead atoms. The lowest BCUT2D eigenvalue weighted by atomic mass is 10.2. The molecule has 0 fully saturated rings. The lowest BCUT2D eigenvalue weighted by Gasteiger charge is -2.01. The highest BCUT2D eigenvalue weighted by molar-refractivity contribution is 14.0. The number of pyridine rings is 1. The molecule has 6 heteroatoms. The van der Waals surface area contributed by atoms with Gasteiger partial charge in [0.25, 0.3) is 0 Å². The van der Waals surface area contributed by atoms with E-state index < -0.39 is 0 Å². The third-order valence-electron chi connectivity index (χ3n) is 1.83. The Morgan fingerprint density at radius 2 is 2.31 bits per heavy atom. The van der Waals surface area contributed by atoms with E-state index in [-0.39, 0.29) is 24.0 Å². The summed E-state index contributed by atoms with van der Waals surface area (Å²) in [6.45, 7) is 3.42. The van der Waals surface area contributed by atoms with Crippen LogP contribution in [0.4, 0.5) is 0 Å². The molecule has 16 heavy (non-hydrogen) atoms. The third kappa shape index (κ3) is 6.12. The normalized spacial score (nSPS) is 10.8. The van der Waals surface area contributed by atoms with E-state index in [0.29, 0.717) is 17.7 Å². The maximum absolute atomic E-state index is 5.67. The summed E-state index contributed by atoms with van der Waals surface area (Å²) < 4.78 is 0. The van der Waals surface area contributed by atoms with Gasteiger partial charge < -0.3 is 11.1 Å². The van der Waals surface area contributed by atoms with Crippen molar-refractivity contribution in [3.8, 4) is 0 Å². The van der Waals surface area contributed by atoms with Gasteiger partial charge >= 0.3 is 0 Å². The van der Waals surface area contributed by atoms with Crippen LogP contribution in [0.2, 0.25) is 5.15 Å². The van der Waals surface area contributed by atoms with Crippen LogP contribution < -0.4 is 11.1 Å². The van der Waals surface area contributed by atoms with Gasteiger partial charge in [-0.25, -0.2) is 4.98 Å². The van der Waals surface area contributed by atoms with Crippen LogP contribution in [0.1, 0.15) is 12.5 Å². The zero-order chi connectivity index (χ0) is 11.1. The number of guanidine groups is 1. The van der Waals surface area contributed by atoms with Crippen LogP contribution in [0.5, 0.6) is 0 Å². The summed E-state index contributed by atoms with van der Waals surface area (Å²) in [7, 11) is 0. The molecule has 0 aliphatic heterocycles. The summed E-state index contributed by atoms with van der Waals surface area (Å²) in [6.07, 6.45) is 2.57. The average molecular weight is 355 g/mol. The number of nitrogens with two attached hydrogens (primary N) is 1. The molecule has 1 aromatic heterocycles. The number of hydrogen-bond donors (Lipinski definition) is 2. The molecule has 1 heterocycles. The molecular weight excluding hydrogens is 338 g/mol. The molecule has 4 nitrogen and oxygen atoms in total. The number of rotatable bonds is 4. The summed E-state index contributed by atoms with van der Waals surface area (Å²) in [5.74, 6) is 0.486. The fraction of sp³-hybridized carbons (Fsp3) is 0.400. The number of nitrogens with one attached hydrogen (secondary N) is 1. The lowest BCUT2D eigenvalue weighted by Crippen LogP contribution is -2.31. The summed E-state index contributed by atoms with van der Waals surface area (Å²) in [6, 6.07) is 3.71. The second kappa shape index (κ2) is 8.58. The van der Waals surface area contributed by atoms with Crippen molar-refractivity contribution in [3.05, 3.63) is 29.0 Å². The lowest BCUT2D eigenvalue weighted by molar-refractivity contribution is 0.902. The van der Waals surface area contributed by atoms with Gasteiger partial charge in [-0.05, 0) is 25.0 Å². The SMILES string of the molecule is CCNC(N)=NCCc1ccc(Cl)nc1.I. The van der Waals surface area contributed by atoms with E-state index in [4.69, 9.17) is 17.3 Å². The topological polar surface area (TPSA) is 63.3 Å². The van der Waals surface area contributed by atoms with E-state index in [9.17, 15) is 0 Å². The molecule has 0 atom stereocenters. The second-order valence-corrected chi connectivity index (χ2v) is 3.42. The quantitative estimate of drug-likeness (QED) is 0.375. The molecule has 0 unspecified atom stereocenters. The van der Waals surface area contributed by atoms with Crippen molar-refractivity contribution in [2.75, 3.05) is 13.1 Å². The molecule has 0 radical (unpaired) electrons. The van der Waals surface area contributed by atoms with Gasteiger partial charge in [-0.15, -0.1) is 24.0 Å². The maximum Gasteiger partial charge on any atom is 0.188 e. The van der Waals surface area contributed by atoms with Gasteiger partial charge in [0, 0.05) is 19.3 Å². The Balaban J connectivity index is 0.00000225. The minimum Gasteiger partial charge on any atom is -0.370 e. The first-order valence-electron chi connectivity index (χ1n) is 4.86. The van der Waals surface area contributed by atoms with Crippen LogP contribution in [-0.2, 0) is 6.42 Å². The predicted molar refractivity (Wildman–Crippen MR) is 78.5 cm³/mol. The number of hydrogen-bond acceptors (Lipinski definition) is 2. The summed E-state index contributed by atoms with van der Waals surface area (Å²) >= 11 is 5.67. The van der Waals surface area contributed by atoms with Crippen LogP contribution in [0.15, 0.2) is 23.3 Å². The molecule has 1 aromatic rings. The first kappa shape index (κ1) is 15.4. The van der Waals surface area contributed by atoms with E-state index in [1.165, 1.54) is 0 Å². The second-order valence-electron chi connectivity index (χ2n) is 3.04. The van der Waals surface area contributed by atoms with Crippen molar-refractivity contribution in [2.45, 2.75) is 13.3 Å². The highest BCUT2D eigenvalue weighted by Gasteiger charge is 1.94. The Bertz CT molecular complexity index is 326. The Morgan fingerprint density at radius 3 is 2.88 bits per heavy atom. The number of aliphatic imine (C=N–C) groups is 1. The van der Waals surface area contributed by atoms with E-state index >= 15 is 0 Å². The Kier molecular flexibility index (Phi) is 8.28. The number of nitrogens with zero attached hydrogens (tertiary/aromatic N) is 2. The summed E-state index contributed by atoms with van der Waals surface area (Å²) in [5.41, 5.74) is 6.68. The minimum atomic E-state index is 0. The van der Waals surface area contributed by atoms with Gasteiger partial charge in [0.05, 0.1) is 0 Å². The maximum atomic E-state index is 5.67. The molecule has 0 amide bonds. The fourth-order valence-electron chi connectivity index (χ4n) is 1.10. The number of halogens is 2. The van der Waals surface area contributed by atoms with E-state index in [1.807, 2.05) is 13.0 Å². The van der Waals surface area contributed by atoms with Gasteiger partial charge in [-0.1, -0.05) is 17.7 Å². The summed E-state index contributed by atoms with van der Waals surface area (Å²) in [4.78, 5) is 8.14. The van der Waals surface area contributed by atoms with Crippen LogP contribution in [0, 0.1) is 0 Å². The van der Waals surface area contributed by atoms with Crippen molar-refractivity contribution < 1.29 is 0 Å². The Labute approximate surface area is 118 Å². The largest absolute Gasteiger partial charge is 0.370 e. The van der Waals surface area contributed by atoms with Crippen molar-refractivity contribution in [3.63, 3.8) is 0 Å². The Hall–Kier alpha value is -0.560. The first-order chi connectivity index (χ1) is 7.22. The van der Waals surface area contributed by atoms with Crippen LogP contribution in [-0.4, -0.2) is 24.0 Å². The molecule has 0 saturated heterocycles. The van der Waals surface area contributed by atoms with Crippen molar-refractivity contribution in [2.24, 2.45) is 10.7 Å².